The third-order valence-corrected chi connectivity index (χ3v) is 2.72. The van der Waals surface area contributed by atoms with Gasteiger partial charge in [-0.1, -0.05) is 0 Å². The van der Waals surface area contributed by atoms with Crippen LogP contribution in [-0.4, -0.2) is 34.8 Å². The molecule has 0 atom stereocenters. The van der Waals surface area contributed by atoms with Crippen molar-refractivity contribution in [2.45, 2.75) is 0 Å². The number of rotatable bonds is 4. The summed E-state index contributed by atoms with van der Waals surface area (Å²) < 4.78 is 4.56. The summed E-state index contributed by atoms with van der Waals surface area (Å²) >= 11 is 1.69. The maximum Gasteiger partial charge on any atom is 0.251 e. The van der Waals surface area contributed by atoms with Gasteiger partial charge in [0.05, 0.1) is 0 Å². The summed E-state index contributed by atoms with van der Waals surface area (Å²) in [6, 6.07) is 5.09. The van der Waals surface area contributed by atoms with E-state index in [4.69, 9.17) is 0 Å². The van der Waals surface area contributed by atoms with E-state index in [2.05, 4.69) is 20.3 Å². The normalized spacial score (nSPS) is 10.6. The summed E-state index contributed by atoms with van der Waals surface area (Å²) in [7, 11) is 0. The molecule has 0 saturated heterocycles. The van der Waals surface area contributed by atoms with Crippen LogP contribution < -0.4 is 5.32 Å². The first-order chi connectivity index (χ1) is 7.81. The zero-order chi connectivity index (χ0) is 11.4. The Bertz CT molecular complexity index is 498. The molecule has 0 radical (unpaired) electrons. The highest BCUT2D eigenvalue weighted by Crippen LogP contribution is 2.11. The maximum absolute atomic E-state index is 11.7. The van der Waals surface area contributed by atoms with Crippen LogP contribution in [0.2, 0.25) is 0 Å². The maximum atomic E-state index is 11.7. The van der Waals surface area contributed by atoms with Crippen molar-refractivity contribution >= 4 is 28.7 Å². The third-order valence-electron chi connectivity index (χ3n) is 2.11. The second kappa shape index (κ2) is 4.98. The molecule has 6 heteroatoms. The number of amides is 1. The average Bonchev–Trinajstić information content (AvgIpc) is 2.76. The van der Waals surface area contributed by atoms with Gasteiger partial charge in [-0.2, -0.15) is 11.8 Å². The lowest BCUT2D eigenvalue weighted by Gasteiger charge is -2.03. The number of carbonyl (C=O) groups is 1. The van der Waals surface area contributed by atoms with E-state index in [1.165, 1.54) is 0 Å². The van der Waals surface area contributed by atoms with Crippen molar-refractivity contribution in [3.63, 3.8) is 0 Å². The number of benzene rings is 1. The molecule has 1 aromatic carbocycles. The highest BCUT2D eigenvalue weighted by Gasteiger charge is 2.07. The van der Waals surface area contributed by atoms with Gasteiger partial charge in [0, 0.05) is 17.9 Å². The lowest BCUT2D eigenvalue weighted by Crippen LogP contribution is -2.25. The van der Waals surface area contributed by atoms with E-state index in [1.54, 1.807) is 30.0 Å². The molecule has 0 unspecified atom stereocenters. The summed E-state index contributed by atoms with van der Waals surface area (Å²) in [6.07, 6.45) is 2.00. The number of thioether (sulfide) groups is 1. The fourth-order valence-corrected chi connectivity index (χ4v) is 1.60. The molecule has 0 aliphatic heterocycles. The van der Waals surface area contributed by atoms with E-state index in [1.807, 2.05) is 6.26 Å². The highest BCUT2D eigenvalue weighted by atomic mass is 32.2. The summed E-state index contributed by atoms with van der Waals surface area (Å²) in [5.41, 5.74) is 1.82. The van der Waals surface area contributed by atoms with Crippen molar-refractivity contribution in [1.29, 1.82) is 0 Å². The highest BCUT2D eigenvalue weighted by molar-refractivity contribution is 7.98. The Balaban J connectivity index is 2.10. The van der Waals surface area contributed by atoms with Crippen molar-refractivity contribution in [3.8, 4) is 0 Å². The smallest absolute Gasteiger partial charge is 0.251 e. The first kappa shape index (κ1) is 10.9. The molecule has 1 N–H and O–H groups in total. The van der Waals surface area contributed by atoms with Crippen LogP contribution in [0.5, 0.6) is 0 Å². The summed E-state index contributed by atoms with van der Waals surface area (Å²) in [5, 5.41) is 10.2. The van der Waals surface area contributed by atoms with Crippen LogP contribution >= 0.6 is 11.8 Å². The van der Waals surface area contributed by atoms with Crippen LogP contribution in [0.3, 0.4) is 0 Å². The Labute approximate surface area is 96.5 Å². The number of aromatic nitrogens is 2. The van der Waals surface area contributed by atoms with Crippen molar-refractivity contribution in [1.82, 2.24) is 15.6 Å². The Morgan fingerprint density at radius 2 is 2.25 bits per heavy atom. The van der Waals surface area contributed by atoms with Gasteiger partial charge in [0.1, 0.15) is 11.0 Å². The first-order valence-corrected chi connectivity index (χ1v) is 6.20. The van der Waals surface area contributed by atoms with Gasteiger partial charge in [0.15, 0.2) is 0 Å². The molecular weight excluding hydrogens is 226 g/mol. The predicted molar refractivity (Wildman–Crippen MR) is 62.5 cm³/mol. The zero-order valence-electron chi connectivity index (χ0n) is 8.77. The molecule has 0 bridgehead atoms. The molecule has 0 saturated carbocycles. The number of hydrogen-bond donors (Lipinski definition) is 1. The van der Waals surface area contributed by atoms with Crippen LogP contribution in [0.15, 0.2) is 22.8 Å². The second-order valence-corrected chi connectivity index (χ2v) is 4.20. The topological polar surface area (TPSA) is 68.0 Å². The molecule has 1 aromatic heterocycles. The Hall–Kier alpha value is -1.56. The molecule has 5 nitrogen and oxygen atoms in total. The molecular formula is C10H11N3O2S. The van der Waals surface area contributed by atoms with Gasteiger partial charge >= 0.3 is 0 Å². The standard InChI is InChI=1S/C10H11N3O2S/c1-16-5-4-11-10(14)7-2-3-8-9(6-7)13-15-12-8/h2-3,6H,4-5H2,1H3,(H,11,14). The fourth-order valence-electron chi connectivity index (χ4n) is 1.29. The summed E-state index contributed by atoms with van der Waals surface area (Å²) in [6.45, 7) is 0.662. The van der Waals surface area contributed by atoms with E-state index in [-0.39, 0.29) is 5.91 Å². The molecule has 1 amide bonds. The van der Waals surface area contributed by atoms with Crippen LogP contribution in [0.4, 0.5) is 0 Å². The van der Waals surface area contributed by atoms with Gasteiger partial charge in [-0.15, -0.1) is 0 Å². The van der Waals surface area contributed by atoms with E-state index < -0.39 is 0 Å². The van der Waals surface area contributed by atoms with E-state index in [0.29, 0.717) is 23.1 Å². The minimum atomic E-state index is -0.0982. The van der Waals surface area contributed by atoms with Crippen LogP contribution in [0.1, 0.15) is 10.4 Å². The number of hydrogen-bond acceptors (Lipinski definition) is 5. The van der Waals surface area contributed by atoms with Crippen molar-refractivity contribution in [3.05, 3.63) is 23.8 Å². The van der Waals surface area contributed by atoms with Gasteiger partial charge < -0.3 is 5.32 Å². The molecule has 16 heavy (non-hydrogen) atoms. The molecule has 2 rings (SSSR count). The number of nitrogens with one attached hydrogen (secondary N) is 1. The first-order valence-electron chi connectivity index (χ1n) is 4.80. The number of carbonyl (C=O) groups excluding carboxylic acids is 1. The molecule has 0 spiro atoms. The molecule has 84 valence electrons. The quantitative estimate of drug-likeness (QED) is 0.812. The molecule has 0 fully saturated rings. The van der Waals surface area contributed by atoms with Gasteiger partial charge in [-0.25, -0.2) is 4.63 Å². The van der Waals surface area contributed by atoms with Crippen molar-refractivity contribution in [2.75, 3.05) is 18.6 Å². The van der Waals surface area contributed by atoms with Gasteiger partial charge in [-0.05, 0) is 34.8 Å². The average molecular weight is 237 g/mol. The Morgan fingerprint density at radius 3 is 3.06 bits per heavy atom. The summed E-state index contributed by atoms with van der Waals surface area (Å²) in [4.78, 5) is 11.7. The second-order valence-electron chi connectivity index (χ2n) is 3.22. The zero-order valence-corrected chi connectivity index (χ0v) is 9.58. The summed E-state index contributed by atoms with van der Waals surface area (Å²) in [5.74, 6) is 0.804. The largest absolute Gasteiger partial charge is 0.351 e. The molecule has 0 aliphatic carbocycles. The van der Waals surface area contributed by atoms with Crippen molar-refractivity contribution in [2.24, 2.45) is 0 Å². The lowest BCUT2D eigenvalue weighted by atomic mass is 10.2. The third kappa shape index (κ3) is 2.33. The SMILES string of the molecule is CSCCNC(=O)c1ccc2nonc2c1. The van der Waals surface area contributed by atoms with Crippen LogP contribution in [0.25, 0.3) is 11.0 Å². The minimum absolute atomic E-state index is 0.0982. The Kier molecular flexibility index (Phi) is 3.40. The van der Waals surface area contributed by atoms with Gasteiger partial charge in [0.2, 0.25) is 0 Å². The molecule has 1 heterocycles. The molecule has 0 aliphatic rings. The van der Waals surface area contributed by atoms with Gasteiger partial charge in [-0.3, -0.25) is 4.79 Å². The predicted octanol–water partition coefficient (Wildman–Crippen LogP) is 1.32. The van der Waals surface area contributed by atoms with Gasteiger partial charge in [0.25, 0.3) is 5.91 Å². The number of nitrogens with zero attached hydrogens (tertiary/aromatic N) is 2. The number of fused-ring (bicyclic) bond motifs is 1. The van der Waals surface area contributed by atoms with Crippen LogP contribution in [-0.2, 0) is 0 Å². The van der Waals surface area contributed by atoms with Crippen molar-refractivity contribution < 1.29 is 9.42 Å². The lowest BCUT2D eigenvalue weighted by molar-refractivity contribution is 0.0956. The van der Waals surface area contributed by atoms with E-state index >= 15 is 0 Å². The fraction of sp³-hybridized carbons (Fsp3) is 0.300. The minimum Gasteiger partial charge on any atom is -0.351 e. The monoisotopic (exact) mass is 237 g/mol. The van der Waals surface area contributed by atoms with E-state index in [9.17, 15) is 4.79 Å². The van der Waals surface area contributed by atoms with E-state index in [0.717, 1.165) is 5.75 Å². The molecule has 2 aromatic rings. The Morgan fingerprint density at radius 1 is 1.44 bits per heavy atom. The van der Waals surface area contributed by atoms with Crippen LogP contribution in [0, 0.1) is 0 Å².